The van der Waals surface area contributed by atoms with Crippen LogP contribution in [0.1, 0.15) is 26.2 Å². The summed E-state index contributed by atoms with van der Waals surface area (Å²) in [5, 5.41) is 3.02. The van der Waals surface area contributed by atoms with E-state index in [0.717, 1.165) is 30.9 Å². The van der Waals surface area contributed by atoms with Crippen LogP contribution in [0, 0.1) is 5.92 Å². The van der Waals surface area contributed by atoms with Crippen LogP contribution in [0.15, 0.2) is 59.5 Å². The molecule has 1 heterocycles. The fourth-order valence-electron chi connectivity index (χ4n) is 2.89. The maximum Gasteiger partial charge on any atom is 0.228 e. The van der Waals surface area contributed by atoms with E-state index in [-0.39, 0.29) is 17.9 Å². The van der Waals surface area contributed by atoms with Gasteiger partial charge in [-0.2, -0.15) is 0 Å². The molecule has 2 aromatic carbocycles. The molecule has 1 amide bonds. The van der Waals surface area contributed by atoms with Crippen molar-refractivity contribution in [1.82, 2.24) is 0 Å². The Morgan fingerprint density at radius 2 is 1.96 bits per heavy atom. The number of hydrogen-bond donors (Lipinski definition) is 1. The second kappa shape index (κ2) is 10.4. The number of carbonyl (C=O) groups excluding carboxylic acids is 1. The molecule has 1 aliphatic rings. The van der Waals surface area contributed by atoms with Crippen LogP contribution in [0.2, 0.25) is 0 Å². The molecule has 0 radical (unpaired) electrons. The highest BCUT2D eigenvalue weighted by molar-refractivity contribution is 7.99. The Kier molecular flexibility index (Phi) is 7.60. The van der Waals surface area contributed by atoms with Crippen LogP contribution in [0.25, 0.3) is 0 Å². The van der Waals surface area contributed by atoms with Gasteiger partial charge < -0.3 is 14.8 Å². The summed E-state index contributed by atoms with van der Waals surface area (Å²) in [6.07, 6.45) is 3.48. The zero-order valence-electron chi connectivity index (χ0n) is 15.7. The van der Waals surface area contributed by atoms with Gasteiger partial charge in [-0.25, -0.2) is 0 Å². The molecule has 1 aliphatic heterocycles. The number of benzene rings is 2. The van der Waals surface area contributed by atoms with E-state index >= 15 is 0 Å². The van der Waals surface area contributed by atoms with Crippen molar-refractivity contribution in [1.29, 1.82) is 0 Å². The quantitative estimate of drug-likeness (QED) is 0.650. The smallest absolute Gasteiger partial charge is 0.228 e. The molecule has 5 heteroatoms. The van der Waals surface area contributed by atoms with Crippen molar-refractivity contribution >= 4 is 23.4 Å². The number of ether oxygens (including phenoxy) is 2. The lowest BCUT2D eigenvalue weighted by molar-refractivity contribution is -0.118. The predicted molar refractivity (Wildman–Crippen MR) is 110 cm³/mol. The minimum Gasteiger partial charge on any atom is -0.489 e. The van der Waals surface area contributed by atoms with Crippen molar-refractivity contribution in [3.05, 3.63) is 54.6 Å². The number of carbonyl (C=O) groups is 1. The average Bonchev–Trinajstić information content (AvgIpc) is 2.73. The molecule has 0 spiro atoms. The van der Waals surface area contributed by atoms with Crippen molar-refractivity contribution in [2.24, 2.45) is 5.92 Å². The zero-order chi connectivity index (χ0) is 18.9. The highest BCUT2D eigenvalue weighted by Gasteiger charge is 2.18. The molecule has 0 bridgehead atoms. The van der Waals surface area contributed by atoms with Crippen molar-refractivity contribution in [2.45, 2.75) is 37.2 Å². The van der Waals surface area contributed by atoms with E-state index in [0.29, 0.717) is 12.4 Å². The number of nitrogens with one attached hydrogen (secondary N) is 1. The van der Waals surface area contributed by atoms with Gasteiger partial charge >= 0.3 is 0 Å². The van der Waals surface area contributed by atoms with Crippen LogP contribution < -0.4 is 10.1 Å². The first-order chi connectivity index (χ1) is 13.2. The highest BCUT2D eigenvalue weighted by atomic mass is 32.2. The topological polar surface area (TPSA) is 47.6 Å². The first-order valence-corrected chi connectivity index (χ1v) is 10.5. The molecule has 4 nitrogen and oxygen atoms in total. The Bertz CT molecular complexity index is 717. The molecular formula is C22H27NO3S. The van der Waals surface area contributed by atoms with Gasteiger partial charge in [-0.05, 0) is 43.5 Å². The summed E-state index contributed by atoms with van der Waals surface area (Å²) < 4.78 is 11.7. The molecule has 2 atom stereocenters. The van der Waals surface area contributed by atoms with Crippen molar-refractivity contribution in [3.8, 4) is 5.75 Å². The van der Waals surface area contributed by atoms with E-state index in [2.05, 4.69) is 17.4 Å². The van der Waals surface area contributed by atoms with E-state index in [1.165, 1.54) is 11.3 Å². The monoisotopic (exact) mass is 385 g/mol. The first-order valence-electron chi connectivity index (χ1n) is 9.54. The van der Waals surface area contributed by atoms with Gasteiger partial charge in [0.25, 0.3) is 0 Å². The van der Waals surface area contributed by atoms with E-state index in [1.54, 1.807) is 11.8 Å². The highest BCUT2D eigenvalue weighted by Crippen LogP contribution is 2.26. The van der Waals surface area contributed by atoms with Crippen LogP contribution in [-0.2, 0) is 9.53 Å². The van der Waals surface area contributed by atoms with Gasteiger partial charge in [0, 0.05) is 23.2 Å². The number of anilines is 1. The SMILES string of the molecule is CC(CSc1ccccc1)C(=O)Nc1ccccc1OCC1CCCCO1. The van der Waals surface area contributed by atoms with Crippen LogP contribution in [0.3, 0.4) is 0 Å². The molecule has 144 valence electrons. The van der Waals surface area contributed by atoms with Gasteiger partial charge in [0.15, 0.2) is 0 Å². The Hall–Kier alpha value is -1.98. The third-order valence-corrected chi connectivity index (χ3v) is 5.81. The number of thioether (sulfide) groups is 1. The minimum atomic E-state index is -0.107. The number of rotatable bonds is 8. The summed E-state index contributed by atoms with van der Waals surface area (Å²) in [5.74, 6) is 1.32. The summed E-state index contributed by atoms with van der Waals surface area (Å²) in [6.45, 7) is 3.28. The van der Waals surface area contributed by atoms with E-state index in [1.807, 2.05) is 49.4 Å². The molecule has 2 unspecified atom stereocenters. The van der Waals surface area contributed by atoms with E-state index < -0.39 is 0 Å². The largest absolute Gasteiger partial charge is 0.489 e. The molecule has 1 saturated heterocycles. The van der Waals surface area contributed by atoms with Crippen LogP contribution >= 0.6 is 11.8 Å². The second-order valence-electron chi connectivity index (χ2n) is 6.81. The van der Waals surface area contributed by atoms with Crippen molar-refractivity contribution < 1.29 is 14.3 Å². The van der Waals surface area contributed by atoms with Crippen molar-refractivity contribution in [3.63, 3.8) is 0 Å². The average molecular weight is 386 g/mol. The fourth-order valence-corrected chi connectivity index (χ4v) is 3.83. The maximum atomic E-state index is 12.6. The van der Waals surface area contributed by atoms with E-state index in [4.69, 9.17) is 9.47 Å². The summed E-state index contributed by atoms with van der Waals surface area (Å²) in [7, 11) is 0. The Balaban J connectivity index is 1.52. The maximum absolute atomic E-state index is 12.6. The van der Waals surface area contributed by atoms with Gasteiger partial charge in [0.05, 0.1) is 11.8 Å². The van der Waals surface area contributed by atoms with Gasteiger partial charge in [-0.1, -0.05) is 37.3 Å². The first kappa shape index (κ1) is 19.8. The third kappa shape index (κ3) is 6.29. The fraction of sp³-hybridized carbons (Fsp3) is 0.409. The molecule has 0 aromatic heterocycles. The second-order valence-corrected chi connectivity index (χ2v) is 7.90. The molecule has 2 aromatic rings. The Morgan fingerprint density at radius 3 is 2.74 bits per heavy atom. The number of hydrogen-bond acceptors (Lipinski definition) is 4. The van der Waals surface area contributed by atoms with Crippen LogP contribution in [0.4, 0.5) is 5.69 Å². The number of amides is 1. The Morgan fingerprint density at radius 1 is 1.19 bits per heavy atom. The van der Waals surface area contributed by atoms with Crippen molar-refractivity contribution in [2.75, 3.05) is 24.3 Å². The predicted octanol–water partition coefficient (Wildman–Crippen LogP) is 5.00. The molecule has 0 aliphatic carbocycles. The lowest BCUT2D eigenvalue weighted by atomic mass is 10.1. The standard InChI is InChI=1S/C22H27NO3S/c1-17(16-27-19-10-3-2-4-11-19)22(24)23-20-12-5-6-13-21(20)26-15-18-9-7-8-14-25-18/h2-6,10-13,17-18H,7-9,14-16H2,1H3,(H,23,24). The minimum absolute atomic E-state index is 0.00315. The number of para-hydroxylation sites is 2. The molecule has 1 fully saturated rings. The summed E-state index contributed by atoms with van der Waals surface area (Å²) in [4.78, 5) is 13.8. The molecule has 3 rings (SSSR count). The molecule has 27 heavy (non-hydrogen) atoms. The molecular weight excluding hydrogens is 358 g/mol. The lowest BCUT2D eigenvalue weighted by Crippen LogP contribution is -2.26. The zero-order valence-corrected chi connectivity index (χ0v) is 16.5. The van der Waals surface area contributed by atoms with Crippen LogP contribution in [-0.4, -0.2) is 31.0 Å². The van der Waals surface area contributed by atoms with Gasteiger partial charge in [0.2, 0.25) is 5.91 Å². The molecule has 1 N–H and O–H groups in total. The third-order valence-electron chi connectivity index (χ3n) is 4.53. The van der Waals surface area contributed by atoms with Gasteiger partial charge in [0.1, 0.15) is 12.4 Å². The van der Waals surface area contributed by atoms with E-state index in [9.17, 15) is 4.79 Å². The van der Waals surface area contributed by atoms with Gasteiger partial charge in [-0.3, -0.25) is 4.79 Å². The summed E-state index contributed by atoms with van der Waals surface area (Å²) in [6, 6.07) is 17.7. The van der Waals surface area contributed by atoms with Crippen LogP contribution in [0.5, 0.6) is 5.75 Å². The summed E-state index contributed by atoms with van der Waals surface area (Å²) >= 11 is 1.69. The lowest BCUT2D eigenvalue weighted by Gasteiger charge is -2.23. The Labute approximate surface area is 165 Å². The van der Waals surface area contributed by atoms with Gasteiger partial charge in [-0.15, -0.1) is 11.8 Å². The normalized spacial score (nSPS) is 17.9. The molecule has 0 saturated carbocycles. The summed E-state index contributed by atoms with van der Waals surface area (Å²) in [5.41, 5.74) is 0.717.